The van der Waals surface area contributed by atoms with Crippen LogP contribution in [0.5, 0.6) is 0 Å². The van der Waals surface area contributed by atoms with Crippen LogP contribution in [0, 0.1) is 11.8 Å². The van der Waals surface area contributed by atoms with Crippen molar-refractivity contribution in [2.24, 2.45) is 5.18 Å². The van der Waals surface area contributed by atoms with Gasteiger partial charge in [0.05, 0.1) is 23.3 Å². The number of benzene rings is 2. The summed E-state index contributed by atoms with van der Waals surface area (Å²) in [5.41, 5.74) is 8.15. The van der Waals surface area contributed by atoms with Crippen molar-refractivity contribution in [1.82, 2.24) is 15.4 Å². The fraction of sp³-hybridized carbons (Fsp3) is 0.160. The Bertz CT molecular complexity index is 1270. The van der Waals surface area contributed by atoms with Crippen molar-refractivity contribution in [3.05, 3.63) is 88.6 Å². The van der Waals surface area contributed by atoms with E-state index in [1.54, 1.807) is 30.7 Å². The van der Waals surface area contributed by atoms with E-state index in [9.17, 15) is 14.9 Å². The molecule has 0 saturated carbocycles. The fourth-order valence-corrected chi connectivity index (χ4v) is 3.78. The molecule has 0 saturated heterocycles. The average molecular weight is 426 g/mol. The number of fused-ring (bicyclic) bond motifs is 1. The smallest absolute Gasteiger partial charge is 0.275 e. The number of hydrogen-bond donors (Lipinski definition) is 2. The second-order valence-corrected chi connectivity index (χ2v) is 7.52. The molecule has 2 aromatic carbocycles. The predicted molar refractivity (Wildman–Crippen MR) is 123 cm³/mol. The van der Waals surface area contributed by atoms with E-state index in [4.69, 9.17) is 4.98 Å². The van der Waals surface area contributed by atoms with Gasteiger partial charge in [0.15, 0.2) is 0 Å². The van der Waals surface area contributed by atoms with E-state index in [-0.39, 0.29) is 0 Å². The standard InChI is InChI=1S/C25H22N4O3/c1-16-24-21(25(30)29-32)15-23(28-22(24)12-14-26-16)20-10-8-19(9-11-20)18-6-4-17(5-7-18)3-2-13-27-31/h4-12,14-15,32H,2-3,13H2,1H3,(H,29,30). The van der Waals surface area contributed by atoms with Crippen LogP contribution < -0.4 is 5.48 Å². The summed E-state index contributed by atoms with van der Waals surface area (Å²) in [4.78, 5) is 31.4. The number of nitrogens with one attached hydrogen (secondary N) is 1. The lowest BCUT2D eigenvalue weighted by Crippen LogP contribution is -2.19. The van der Waals surface area contributed by atoms with E-state index in [0.717, 1.165) is 29.5 Å². The van der Waals surface area contributed by atoms with Crippen molar-refractivity contribution in [3.8, 4) is 22.4 Å². The van der Waals surface area contributed by atoms with Crippen LogP contribution >= 0.6 is 0 Å². The number of carbonyl (C=O) groups excluding carboxylic acids is 1. The first kappa shape index (κ1) is 21.3. The Labute approximate surface area is 185 Å². The highest BCUT2D eigenvalue weighted by molar-refractivity contribution is 6.07. The molecule has 7 nitrogen and oxygen atoms in total. The molecule has 32 heavy (non-hydrogen) atoms. The Balaban J connectivity index is 1.64. The lowest BCUT2D eigenvalue weighted by atomic mass is 9.99. The fourth-order valence-electron chi connectivity index (χ4n) is 3.78. The highest BCUT2D eigenvalue weighted by atomic mass is 16.5. The highest BCUT2D eigenvalue weighted by Crippen LogP contribution is 2.28. The second kappa shape index (κ2) is 9.45. The summed E-state index contributed by atoms with van der Waals surface area (Å²) in [5.74, 6) is -0.601. The van der Waals surface area contributed by atoms with Gasteiger partial charge >= 0.3 is 0 Å². The second-order valence-electron chi connectivity index (χ2n) is 7.52. The van der Waals surface area contributed by atoms with Crippen molar-refractivity contribution in [2.45, 2.75) is 19.8 Å². The molecule has 0 radical (unpaired) electrons. The van der Waals surface area contributed by atoms with Crippen LogP contribution in [-0.4, -0.2) is 27.6 Å². The maximum Gasteiger partial charge on any atom is 0.275 e. The molecule has 7 heteroatoms. The van der Waals surface area contributed by atoms with E-state index in [1.807, 2.05) is 24.3 Å². The molecule has 0 aliphatic carbocycles. The minimum atomic E-state index is -0.601. The van der Waals surface area contributed by atoms with Gasteiger partial charge in [-0.15, -0.1) is 0 Å². The van der Waals surface area contributed by atoms with Crippen molar-refractivity contribution < 1.29 is 10.0 Å². The van der Waals surface area contributed by atoms with E-state index in [1.165, 1.54) is 5.56 Å². The quantitative estimate of drug-likeness (QED) is 0.185. The number of hydroxylamine groups is 1. The maximum absolute atomic E-state index is 12.3. The molecule has 4 aromatic rings. The van der Waals surface area contributed by atoms with Gasteiger partial charge in [-0.3, -0.25) is 15.0 Å². The zero-order chi connectivity index (χ0) is 22.5. The third-order valence-electron chi connectivity index (χ3n) is 5.44. The third-order valence-corrected chi connectivity index (χ3v) is 5.44. The first-order chi connectivity index (χ1) is 15.6. The third kappa shape index (κ3) is 4.38. The molecule has 0 aliphatic rings. The van der Waals surface area contributed by atoms with E-state index in [0.29, 0.717) is 34.4 Å². The lowest BCUT2D eigenvalue weighted by Gasteiger charge is -2.11. The summed E-state index contributed by atoms with van der Waals surface area (Å²) >= 11 is 0. The summed E-state index contributed by atoms with van der Waals surface area (Å²) in [6.07, 6.45) is 3.23. The zero-order valence-corrected chi connectivity index (χ0v) is 17.6. The lowest BCUT2D eigenvalue weighted by molar-refractivity contribution is 0.0708. The molecule has 0 atom stereocenters. The van der Waals surface area contributed by atoms with Crippen LogP contribution in [0.2, 0.25) is 0 Å². The maximum atomic E-state index is 12.3. The van der Waals surface area contributed by atoms with Crippen LogP contribution in [0.15, 0.2) is 72.0 Å². The van der Waals surface area contributed by atoms with Gasteiger partial charge in [-0.25, -0.2) is 10.5 Å². The molecule has 0 spiro atoms. The normalized spacial score (nSPS) is 10.8. The number of hydrogen-bond acceptors (Lipinski definition) is 6. The molecule has 1 amide bonds. The molecule has 0 unspecified atom stereocenters. The molecule has 4 rings (SSSR count). The molecule has 0 fully saturated rings. The molecular formula is C25H22N4O3. The number of aryl methyl sites for hydroxylation is 2. The van der Waals surface area contributed by atoms with Gasteiger partial charge < -0.3 is 0 Å². The summed E-state index contributed by atoms with van der Waals surface area (Å²) in [5, 5.41) is 12.7. The van der Waals surface area contributed by atoms with Crippen LogP contribution in [0.25, 0.3) is 33.3 Å². The summed E-state index contributed by atoms with van der Waals surface area (Å²) < 4.78 is 0. The van der Waals surface area contributed by atoms with Gasteiger partial charge in [0.25, 0.3) is 5.91 Å². The van der Waals surface area contributed by atoms with Gasteiger partial charge in [-0.1, -0.05) is 53.7 Å². The molecular weight excluding hydrogens is 404 g/mol. The number of carbonyl (C=O) groups is 1. The van der Waals surface area contributed by atoms with Gasteiger partial charge in [-0.05, 0) is 48.6 Å². The Morgan fingerprint density at radius 1 is 1.00 bits per heavy atom. The Morgan fingerprint density at radius 2 is 1.66 bits per heavy atom. The Morgan fingerprint density at radius 3 is 2.31 bits per heavy atom. The van der Waals surface area contributed by atoms with Gasteiger partial charge in [0.2, 0.25) is 0 Å². The number of aromatic nitrogens is 2. The first-order valence-corrected chi connectivity index (χ1v) is 10.3. The Kier molecular flexibility index (Phi) is 6.28. The van der Waals surface area contributed by atoms with E-state index in [2.05, 4.69) is 34.4 Å². The molecule has 2 heterocycles. The number of nitroso groups, excluding NO2 is 1. The van der Waals surface area contributed by atoms with Crippen molar-refractivity contribution >= 4 is 16.8 Å². The molecule has 160 valence electrons. The summed E-state index contributed by atoms with van der Waals surface area (Å²) in [6, 6.07) is 19.6. The first-order valence-electron chi connectivity index (χ1n) is 10.3. The van der Waals surface area contributed by atoms with Crippen LogP contribution in [0.3, 0.4) is 0 Å². The van der Waals surface area contributed by atoms with Gasteiger partial charge in [0, 0.05) is 22.8 Å². The van der Waals surface area contributed by atoms with Crippen molar-refractivity contribution in [2.75, 3.05) is 6.54 Å². The number of amides is 1. The SMILES string of the molecule is Cc1nccc2nc(-c3ccc(-c4ccc(CCCN=O)cc4)cc3)cc(C(=O)NO)c12. The van der Waals surface area contributed by atoms with Crippen LogP contribution in [-0.2, 0) is 6.42 Å². The van der Waals surface area contributed by atoms with E-state index >= 15 is 0 Å². The van der Waals surface area contributed by atoms with Crippen molar-refractivity contribution in [3.63, 3.8) is 0 Å². The van der Waals surface area contributed by atoms with Crippen LogP contribution in [0.1, 0.15) is 28.0 Å². The molecule has 0 bridgehead atoms. The topological polar surface area (TPSA) is 105 Å². The Hall–Kier alpha value is -3.97. The zero-order valence-electron chi connectivity index (χ0n) is 17.6. The van der Waals surface area contributed by atoms with Gasteiger partial charge in [0.1, 0.15) is 0 Å². The number of rotatable bonds is 7. The van der Waals surface area contributed by atoms with Gasteiger partial charge in [-0.2, -0.15) is 4.91 Å². The predicted octanol–water partition coefficient (Wildman–Crippen LogP) is 5.09. The molecule has 2 aromatic heterocycles. The number of nitrogens with zero attached hydrogens (tertiary/aromatic N) is 3. The minimum Gasteiger partial charge on any atom is -0.288 e. The largest absolute Gasteiger partial charge is 0.288 e. The van der Waals surface area contributed by atoms with E-state index < -0.39 is 5.91 Å². The van der Waals surface area contributed by atoms with Crippen LogP contribution in [0.4, 0.5) is 0 Å². The summed E-state index contributed by atoms with van der Waals surface area (Å²) in [7, 11) is 0. The monoisotopic (exact) mass is 426 g/mol. The minimum absolute atomic E-state index is 0.322. The highest BCUT2D eigenvalue weighted by Gasteiger charge is 2.16. The number of pyridine rings is 2. The summed E-state index contributed by atoms with van der Waals surface area (Å²) in [6.45, 7) is 2.14. The molecule has 2 N–H and O–H groups in total. The molecule has 0 aliphatic heterocycles. The average Bonchev–Trinajstić information content (AvgIpc) is 2.84. The van der Waals surface area contributed by atoms with Crippen molar-refractivity contribution in [1.29, 1.82) is 0 Å².